The first kappa shape index (κ1) is 13.8. The second-order valence-electron chi connectivity index (χ2n) is 2.62. The number of aliphatic hydroxyl groups excluding tert-OH is 2. The molecule has 88 valence electrons. The molecule has 0 aliphatic heterocycles. The van der Waals surface area contributed by atoms with Crippen molar-refractivity contribution in [3.8, 4) is 0 Å². The van der Waals surface area contributed by atoms with E-state index in [1.54, 1.807) is 6.92 Å². The first-order chi connectivity index (χ1) is 6.99. The van der Waals surface area contributed by atoms with Gasteiger partial charge in [-0.05, 0) is 6.92 Å². The second kappa shape index (κ2) is 7.16. The van der Waals surface area contributed by atoms with Crippen molar-refractivity contribution < 1.29 is 34.4 Å². The van der Waals surface area contributed by atoms with Crippen molar-refractivity contribution in [2.45, 2.75) is 25.7 Å². The molecule has 0 rings (SSSR count). The van der Waals surface area contributed by atoms with E-state index in [4.69, 9.17) is 15.3 Å². The van der Waals surface area contributed by atoms with Crippen LogP contribution in [-0.4, -0.2) is 52.9 Å². The van der Waals surface area contributed by atoms with Gasteiger partial charge >= 0.3 is 11.9 Å². The average Bonchev–Trinajstić information content (AvgIpc) is 2.17. The molecule has 0 amide bonds. The van der Waals surface area contributed by atoms with Gasteiger partial charge in [0.2, 0.25) is 0 Å². The van der Waals surface area contributed by atoms with Crippen LogP contribution in [-0.2, 0) is 19.1 Å². The van der Waals surface area contributed by atoms with Crippen LogP contribution in [0, 0.1) is 0 Å². The number of carboxylic acids is 1. The number of hydrogen-bond acceptors (Lipinski definition) is 6. The van der Waals surface area contributed by atoms with Crippen molar-refractivity contribution in [2.24, 2.45) is 0 Å². The number of carbonyl (C=O) groups excluding carboxylic acids is 1. The van der Waals surface area contributed by atoms with Gasteiger partial charge in [-0.25, -0.2) is 9.59 Å². The van der Waals surface area contributed by atoms with Crippen molar-refractivity contribution in [3.05, 3.63) is 0 Å². The molecule has 0 aromatic heterocycles. The summed E-state index contributed by atoms with van der Waals surface area (Å²) in [5.41, 5.74) is 0. The highest BCUT2D eigenvalue weighted by Gasteiger charge is 2.18. The number of aliphatic hydroxyl groups is 2. The summed E-state index contributed by atoms with van der Waals surface area (Å²) in [5, 5.41) is 26.0. The lowest BCUT2D eigenvalue weighted by Crippen LogP contribution is -2.28. The van der Waals surface area contributed by atoms with E-state index in [0.717, 1.165) is 0 Å². The van der Waals surface area contributed by atoms with Crippen LogP contribution in [0.15, 0.2) is 0 Å². The predicted molar refractivity (Wildman–Crippen MR) is 46.9 cm³/mol. The van der Waals surface area contributed by atoms with E-state index in [1.165, 1.54) is 0 Å². The maximum atomic E-state index is 10.8. The van der Waals surface area contributed by atoms with E-state index in [0.29, 0.717) is 0 Å². The lowest BCUT2D eigenvalue weighted by Gasteiger charge is -2.10. The highest BCUT2D eigenvalue weighted by molar-refractivity contribution is 5.74. The Bertz CT molecular complexity index is 215. The summed E-state index contributed by atoms with van der Waals surface area (Å²) in [5.74, 6) is -2.33. The largest absolute Gasteiger partial charge is 0.477 e. The van der Waals surface area contributed by atoms with E-state index in [1.807, 2.05) is 0 Å². The summed E-state index contributed by atoms with van der Waals surface area (Å²) < 4.78 is 8.88. The molecule has 2 unspecified atom stereocenters. The van der Waals surface area contributed by atoms with Gasteiger partial charge in [-0.1, -0.05) is 0 Å². The number of hydrogen-bond donors (Lipinski definition) is 3. The zero-order chi connectivity index (χ0) is 11.8. The van der Waals surface area contributed by atoms with Crippen molar-refractivity contribution in [3.63, 3.8) is 0 Å². The maximum Gasteiger partial charge on any atom is 0.360 e. The smallest absolute Gasteiger partial charge is 0.360 e. The van der Waals surface area contributed by atoms with Gasteiger partial charge in [0.1, 0.15) is 0 Å². The Morgan fingerprint density at radius 2 is 1.93 bits per heavy atom. The van der Waals surface area contributed by atoms with E-state index < -0.39 is 24.3 Å². The minimum atomic E-state index is -1.95. The molecule has 0 fully saturated rings. The highest BCUT2D eigenvalue weighted by Crippen LogP contribution is 1.98. The zero-order valence-corrected chi connectivity index (χ0v) is 8.25. The van der Waals surface area contributed by atoms with Gasteiger partial charge in [-0.15, -0.1) is 0 Å². The quantitative estimate of drug-likeness (QED) is 0.363. The number of carboxylic acid groups (broad SMARTS) is 1. The molecule has 0 aliphatic rings. The van der Waals surface area contributed by atoms with Crippen LogP contribution in [0.3, 0.4) is 0 Å². The molecule has 0 saturated heterocycles. The van der Waals surface area contributed by atoms with Crippen molar-refractivity contribution in [1.82, 2.24) is 0 Å². The fourth-order valence-electron chi connectivity index (χ4n) is 0.719. The van der Waals surface area contributed by atoms with Gasteiger partial charge in [0.15, 0.2) is 6.10 Å². The van der Waals surface area contributed by atoms with Gasteiger partial charge in [0, 0.05) is 6.42 Å². The monoisotopic (exact) mass is 222 g/mol. The molecule has 0 spiro atoms. The number of rotatable bonds is 7. The van der Waals surface area contributed by atoms with E-state index >= 15 is 0 Å². The third kappa shape index (κ3) is 6.00. The first-order valence-corrected chi connectivity index (χ1v) is 4.36. The van der Waals surface area contributed by atoms with E-state index in [-0.39, 0.29) is 19.6 Å². The summed E-state index contributed by atoms with van der Waals surface area (Å²) in [7, 11) is 0. The molecule has 0 saturated carbocycles. The molecule has 2 atom stereocenters. The molecular formula is C8H14O7. The van der Waals surface area contributed by atoms with Crippen molar-refractivity contribution in [1.29, 1.82) is 0 Å². The molecule has 0 heterocycles. The molecule has 0 aromatic rings. The Balaban J connectivity index is 3.67. The van der Waals surface area contributed by atoms with E-state index in [9.17, 15) is 9.59 Å². The zero-order valence-electron chi connectivity index (χ0n) is 8.25. The number of esters is 1. The number of aliphatic carboxylic acids is 1. The fraction of sp³-hybridized carbons (Fsp3) is 0.750. The SMILES string of the molecule is CCOC(=O)C(O)CCOC(O)C(=O)O. The molecule has 15 heavy (non-hydrogen) atoms. The summed E-state index contributed by atoms with van der Waals surface area (Å²) in [6, 6.07) is 0. The topological polar surface area (TPSA) is 113 Å². The minimum absolute atomic E-state index is 0.136. The number of carbonyl (C=O) groups is 2. The Morgan fingerprint density at radius 3 is 2.40 bits per heavy atom. The molecule has 7 nitrogen and oxygen atoms in total. The van der Waals surface area contributed by atoms with Crippen LogP contribution < -0.4 is 0 Å². The summed E-state index contributed by atoms with van der Waals surface area (Å²) in [6.45, 7) is 1.48. The van der Waals surface area contributed by atoms with Crippen LogP contribution in [0.2, 0.25) is 0 Å². The molecule has 0 aliphatic carbocycles. The fourth-order valence-corrected chi connectivity index (χ4v) is 0.719. The van der Waals surface area contributed by atoms with Gasteiger partial charge in [0.05, 0.1) is 13.2 Å². The van der Waals surface area contributed by atoms with Crippen molar-refractivity contribution in [2.75, 3.05) is 13.2 Å². The summed E-state index contributed by atoms with van der Waals surface area (Å²) in [6.07, 6.45) is -3.45. The Hall–Kier alpha value is -1.18. The van der Waals surface area contributed by atoms with Crippen LogP contribution in [0.5, 0.6) is 0 Å². The highest BCUT2D eigenvalue weighted by atomic mass is 16.6. The Kier molecular flexibility index (Phi) is 6.59. The van der Waals surface area contributed by atoms with Crippen LogP contribution in [0.1, 0.15) is 13.3 Å². The molecule has 0 aromatic carbocycles. The molecular weight excluding hydrogens is 208 g/mol. The van der Waals surface area contributed by atoms with Crippen LogP contribution in [0.4, 0.5) is 0 Å². The lowest BCUT2D eigenvalue weighted by atomic mass is 10.3. The van der Waals surface area contributed by atoms with Crippen LogP contribution >= 0.6 is 0 Å². The predicted octanol–water partition coefficient (Wildman–Crippen LogP) is -1.28. The number of ether oxygens (including phenoxy) is 2. The third-order valence-corrected chi connectivity index (χ3v) is 1.44. The molecule has 0 bridgehead atoms. The lowest BCUT2D eigenvalue weighted by molar-refractivity contribution is -0.178. The van der Waals surface area contributed by atoms with Crippen LogP contribution in [0.25, 0.3) is 0 Å². The third-order valence-electron chi connectivity index (χ3n) is 1.44. The Labute approximate surface area is 86.2 Å². The van der Waals surface area contributed by atoms with Gasteiger partial charge in [-0.3, -0.25) is 0 Å². The summed E-state index contributed by atoms with van der Waals surface area (Å²) in [4.78, 5) is 20.9. The molecule has 7 heteroatoms. The maximum absolute atomic E-state index is 10.8. The molecule has 0 radical (unpaired) electrons. The van der Waals surface area contributed by atoms with Gasteiger partial charge in [-0.2, -0.15) is 0 Å². The first-order valence-electron chi connectivity index (χ1n) is 4.36. The normalized spacial score (nSPS) is 14.3. The van der Waals surface area contributed by atoms with Crippen molar-refractivity contribution >= 4 is 11.9 Å². The Morgan fingerprint density at radius 1 is 1.33 bits per heavy atom. The average molecular weight is 222 g/mol. The second-order valence-corrected chi connectivity index (χ2v) is 2.62. The standard InChI is InChI=1S/C8H14O7/c1-2-14-7(12)5(9)3-4-15-8(13)6(10)11/h5,8-9,13H,2-4H2,1H3,(H,10,11). The van der Waals surface area contributed by atoms with Gasteiger partial charge < -0.3 is 24.8 Å². The van der Waals surface area contributed by atoms with E-state index in [2.05, 4.69) is 9.47 Å². The van der Waals surface area contributed by atoms with Gasteiger partial charge in [0.25, 0.3) is 6.29 Å². The minimum Gasteiger partial charge on any atom is -0.477 e. The summed E-state index contributed by atoms with van der Waals surface area (Å²) >= 11 is 0. The molecule has 3 N–H and O–H groups in total.